The van der Waals surface area contributed by atoms with Crippen molar-refractivity contribution in [2.45, 2.75) is 32.4 Å². The van der Waals surface area contributed by atoms with E-state index in [4.69, 9.17) is 11.6 Å². The summed E-state index contributed by atoms with van der Waals surface area (Å²) in [7, 11) is 0. The van der Waals surface area contributed by atoms with Gasteiger partial charge in [0, 0.05) is 28.7 Å². The monoisotopic (exact) mass is 265 g/mol. The molecular formula is C14H16ClNO2. The highest BCUT2D eigenvalue weighted by atomic mass is 35.5. The van der Waals surface area contributed by atoms with Gasteiger partial charge in [0.2, 0.25) is 0 Å². The summed E-state index contributed by atoms with van der Waals surface area (Å²) < 4.78 is 1.96. The van der Waals surface area contributed by atoms with Crippen molar-refractivity contribution in [3.05, 3.63) is 35.0 Å². The molecule has 1 aromatic carbocycles. The number of aryl methyl sites for hydroxylation is 1. The Bertz CT molecular complexity index is 581. The van der Waals surface area contributed by atoms with Crippen LogP contribution in [-0.4, -0.2) is 21.6 Å². The fourth-order valence-corrected chi connectivity index (χ4v) is 2.13. The standard InChI is InChI=1S/C14H16ClNO2/c1-14(2,18)5-6-16-8-10(9-17)12-4-3-11(15)7-13(12)16/h3-4,7-9,18H,5-6H2,1-2H3. The Balaban J connectivity index is 2.43. The zero-order valence-corrected chi connectivity index (χ0v) is 11.2. The predicted molar refractivity (Wildman–Crippen MR) is 73.3 cm³/mol. The number of aromatic nitrogens is 1. The first-order valence-electron chi connectivity index (χ1n) is 5.87. The van der Waals surface area contributed by atoms with Crippen LogP contribution in [0.2, 0.25) is 5.02 Å². The van der Waals surface area contributed by atoms with E-state index in [2.05, 4.69) is 0 Å². The normalized spacial score (nSPS) is 12.0. The van der Waals surface area contributed by atoms with E-state index < -0.39 is 5.60 Å². The molecule has 18 heavy (non-hydrogen) atoms. The molecule has 0 radical (unpaired) electrons. The summed E-state index contributed by atoms with van der Waals surface area (Å²) in [4.78, 5) is 11.0. The lowest BCUT2D eigenvalue weighted by Crippen LogP contribution is -2.20. The molecule has 0 spiro atoms. The molecule has 0 atom stereocenters. The second-order valence-electron chi connectivity index (χ2n) is 5.12. The number of rotatable bonds is 4. The van der Waals surface area contributed by atoms with Crippen molar-refractivity contribution in [1.82, 2.24) is 4.57 Å². The number of nitrogens with zero attached hydrogens (tertiary/aromatic N) is 1. The van der Waals surface area contributed by atoms with Gasteiger partial charge in [-0.05, 0) is 32.4 Å². The van der Waals surface area contributed by atoms with Crippen LogP contribution in [0.1, 0.15) is 30.6 Å². The summed E-state index contributed by atoms with van der Waals surface area (Å²) in [5.41, 5.74) is 0.850. The average Bonchev–Trinajstić information content (AvgIpc) is 2.63. The third kappa shape index (κ3) is 2.74. The molecular weight excluding hydrogens is 250 g/mol. The molecule has 4 heteroatoms. The fraction of sp³-hybridized carbons (Fsp3) is 0.357. The topological polar surface area (TPSA) is 42.2 Å². The minimum atomic E-state index is -0.726. The SMILES string of the molecule is CC(C)(O)CCn1cc(C=O)c2ccc(Cl)cc21. The molecule has 0 saturated heterocycles. The molecule has 0 bridgehead atoms. The van der Waals surface area contributed by atoms with Gasteiger partial charge in [-0.3, -0.25) is 4.79 Å². The van der Waals surface area contributed by atoms with Crippen LogP contribution in [0, 0.1) is 0 Å². The van der Waals surface area contributed by atoms with Gasteiger partial charge >= 0.3 is 0 Å². The molecule has 0 aliphatic rings. The summed E-state index contributed by atoms with van der Waals surface area (Å²) in [6.45, 7) is 4.19. The van der Waals surface area contributed by atoms with Crippen LogP contribution >= 0.6 is 11.6 Å². The van der Waals surface area contributed by atoms with Crippen molar-refractivity contribution in [3.8, 4) is 0 Å². The number of aliphatic hydroxyl groups is 1. The van der Waals surface area contributed by atoms with E-state index in [1.807, 2.05) is 16.7 Å². The predicted octanol–water partition coefficient (Wildman–Crippen LogP) is 3.27. The molecule has 1 aromatic heterocycles. The number of halogens is 1. The molecule has 0 unspecified atom stereocenters. The van der Waals surface area contributed by atoms with E-state index in [1.165, 1.54) is 0 Å². The Morgan fingerprint density at radius 2 is 2.17 bits per heavy atom. The summed E-state index contributed by atoms with van der Waals surface area (Å²) in [6, 6.07) is 5.47. The molecule has 96 valence electrons. The molecule has 1 N–H and O–H groups in total. The average molecular weight is 266 g/mol. The smallest absolute Gasteiger partial charge is 0.152 e. The fourth-order valence-electron chi connectivity index (χ4n) is 1.97. The van der Waals surface area contributed by atoms with Crippen molar-refractivity contribution in [2.75, 3.05) is 0 Å². The summed E-state index contributed by atoms with van der Waals surface area (Å²) in [6.07, 6.45) is 3.26. The molecule has 3 nitrogen and oxygen atoms in total. The number of fused-ring (bicyclic) bond motifs is 1. The van der Waals surface area contributed by atoms with Crippen molar-refractivity contribution in [1.29, 1.82) is 0 Å². The summed E-state index contributed by atoms with van der Waals surface area (Å²) in [5.74, 6) is 0. The van der Waals surface area contributed by atoms with Gasteiger partial charge in [0.1, 0.15) is 0 Å². The lowest BCUT2D eigenvalue weighted by molar-refractivity contribution is 0.0666. The third-order valence-corrected chi connectivity index (χ3v) is 3.20. The highest BCUT2D eigenvalue weighted by molar-refractivity contribution is 6.31. The van der Waals surface area contributed by atoms with Gasteiger partial charge in [-0.25, -0.2) is 0 Å². The van der Waals surface area contributed by atoms with Gasteiger partial charge in [0.05, 0.1) is 11.1 Å². The molecule has 1 heterocycles. The molecule has 2 rings (SSSR count). The number of aldehydes is 1. The zero-order valence-electron chi connectivity index (χ0n) is 10.5. The summed E-state index contributed by atoms with van der Waals surface area (Å²) in [5, 5.41) is 11.3. The maximum atomic E-state index is 11.0. The maximum Gasteiger partial charge on any atom is 0.152 e. The lowest BCUT2D eigenvalue weighted by Gasteiger charge is -2.17. The Labute approximate surface area is 111 Å². The largest absolute Gasteiger partial charge is 0.390 e. The highest BCUT2D eigenvalue weighted by Crippen LogP contribution is 2.25. The second kappa shape index (κ2) is 4.75. The first-order chi connectivity index (χ1) is 8.40. The number of hydrogen-bond acceptors (Lipinski definition) is 2. The third-order valence-electron chi connectivity index (χ3n) is 2.97. The van der Waals surface area contributed by atoms with Gasteiger partial charge in [0.25, 0.3) is 0 Å². The molecule has 0 amide bonds. The quantitative estimate of drug-likeness (QED) is 0.862. The van der Waals surface area contributed by atoms with E-state index in [-0.39, 0.29) is 0 Å². The van der Waals surface area contributed by atoms with Crippen LogP contribution in [-0.2, 0) is 6.54 Å². The van der Waals surface area contributed by atoms with Crippen molar-refractivity contribution in [2.24, 2.45) is 0 Å². The van der Waals surface area contributed by atoms with E-state index in [1.54, 1.807) is 26.1 Å². The van der Waals surface area contributed by atoms with E-state index >= 15 is 0 Å². The van der Waals surface area contributed by atoms with E-state index in [0.717, 1.165) is 17.2 Å². The summed E-state index contributed by atoms with van der Waals surface area (Å²) >= 11 is 5.98. The molecule has 0 fully saturated rings. The van der Waals surface area contributed by atoms with Gasteiger partial charge in [-0.1, -0.05) is 17.7 Å². The maximum absolute atomic E-state index is 11.0. The molecule has 0 saturated carbocycles. The van der Waals surface area contributed by atoms with Crippen LogP contribution in [0.3, 0.4) is 0 Å². The highest BCUT2D eigenvalue weighted by Gasteiger charge is 2.14. The first kappa shape index (κ1) is 13.1. The van der Waals surface area contributed by atoms with Gasteiger partial charge < -0.3 is 9.67 Å². The van der Waals surface area contributed by atoms with Gasteiger partial charge in [-0.2, -0.15) is 0 Å². The Morgan fingerprint density at radius 1 is 1.44 bits per heavy atom. The number of carbonyl (C=O) groups is 1. The minimum Gasteiger partial charge on any atom is -0.390 e. The van der Waals surface area contributed by atoms with Crippen molar-refractivity contribution < 1.29 is 9.90 Å². The number of hydrogen-bond donors (Lipinski definition) is 1. The Hall–Kier alpha value is -1.32. The van der Waals surface area contributed by atoms with Crippen molar-refractivity contribution >= 4 is 28.8 Å². The van der Waals surface area contributed by atoms with Crippen LogP contribution in [0.25, 0.3) is 10.9 Å². The van der Waals surface area contributed by atoms with Gasteiger partial charge in [-0.15, -0.1) is 0 Å². The van der Waals surface area contributed by atoms with Crippen LogP contribution in [0.15, 0.2) is 24.4 Å². The Kier molecular flexibility index (Phi) is 3.46. The number of benzene rings is 1. The number of carbonyl (C=O) groups excluding carboxylic acids is 1. The van der Waals surface area contributed by atoms with E-state index in [9.17, 15) is 9.90 Å². The molecule has 0 aliphatic heterocycles. The van der Waals surface area contributed by atoms with Crippen LogP contribution < -0.4 is 0 Å². The molecule has 0 aliphatic carbocycles. The van der Waals surface area contributed by atoms with Crippen LogP contribution in [0.5, 0.6) is 0 Å². The second-order valence-corrected chi connectivity index (χ2v) is 5.56. The zero-order chi connectivity index (χ0) is 13.3. The first-order valence-corrected chi connectivity index (χ1v) is 6.24. The lowest BCUT2D eigenvalue weighted by atomic mass is 10.1. The van der Waals surface area contributed by atoms with E-state index in [0.29, 0.717) is 23.6 Å². The Morgan fingerprint density at radius 3 is 2.78 bits per heavy atom. The van der Waals surface area contributed by atoms with Crippen molar-refractivity contribution in [3.63, 3.8) is 0 Å². The van der Waals surface area contributed by atoms with Gasteiger partial charge in [0.15, 0.2) is 6.29 Å². The minimum absolute atomic E-state index is 0.613. The van der Waals surface area contributed by atoms with Crippen LogP contribution in [0.4, 0.5) is 0 Å². The molecule has 2 aromatic rings.